The summed E-state index contributed by atoms with van der Waals surface area (Å²) in [5, 5.41) is 16.7. The monoisotopic (exact) mass is 296 g/mol. The van der Waals surface area contributed by atoms with E-state index in [1.807, 2.05) is 12.1 Å². The van der Waals surface area contributed by atoms with Crippen LogP contribution in [-0.4, -0.2) is 30.1 Å². The van der Waals surface area contributed by atoms with E-state index < -0.39 is 6.10 Å². The minimum absolute atomic E-state index is 0.132. The lowest BCUT2D eigenvalue weighted by molar-refractivity contribution is -0.121. The summed E-state index contributed by atoms with van der Waals surface area (Å²) < 4.78 is 0. The molecule has 4 nitrogen and oxygen atoms in total. The zero-order valence-electron chi connectivity index (χ0n) is 11.4. The van der Waals surface area contributed by atoms with Crippen LogP contribution in [0.3, 0.4) is 0 Å². The largest absolute Gasteiger partial charge is 0.387 e. The van der Waals surface area contributed by atoms with Gasteiger partial charge in [-0.2, -0.15) is 0 Å². The van der Waals surface area contributed by atoms with Crippen LogP contribution in [0.2, 0.25) is 5.02 Å². The number of amides is 1. The highest BCUT2D eigenvalue weighted by molar-refractivity contribution is 6.30. The van der Waals surface area contributed by atoms with Crippen molar-refractivity contribution in [1.82, 2.24) is 10.6 Å². The minimum atomic E-state index is -0.549. The van der Waals surface area contributed by atoms with E-state index in [1.54, 1.807) is 12.1 Å². The fraction of sp³-hybridized carbons (Fsp3) is 0.533. The highest BCUT2D eigenvalue weighted by Crippen LogP contribution is 2.18. The molecule has 3 N–H and O–H groups in total. The maximum absolute atomic E-state index is 11.4. The molecular formula is C15H21ClN2O2. The number of rotatable bonds is 8. The Bertz CT molecular complexity index is 432. The molecule has 1 aromatic rings. The molecule has 1 atom stereocenters. The number of benzene rings is 1. The fourth-order valence-electron chi connectivity index (χ4n) is 1.94. The van der Waals surface area contributed by atoms with Crippen molar-refractivity contribution in [2.75, 3.05) is 13.1 Å². The molecule has 110 valence electrons. The number of nitrogens with one attached hydrogen (secondary N) is 2. The molecule has 0 spiro atoms. The standard InChI is InChI=1S/C15H21ClN2O2/c16-12-5-3-11(4-6-12)14(19)10-17-9-1-2-15(20)18-13-7-8-13/h3-6,13-14,17,19H,1-2,7-10H2,(H,18,20). The van der Waals surface area contributed by atoms with Crippen molar-refractivity contribution in [2.24, 2.45) is 0 Å². The van der Waals surface area contributed by atoms with Gasteiger partial charge in [0, 0.05) is 24.0 Å². The van der Waals surface area contributed by atoms with Gasteiger partial charge in [-0.1, -0.05) is 23.7 Å². The molecule has 0 aromatic heterocycles. The summed E-state index contributed by atoms with van der Waals surface area (Å²) in [6.07, 6.45) is 3.02. The number of carbonyl (C=O) groups excluding carboxylic acids is 1. The van der Waals surface area contributed by atoms with Gasteiger partial charge in [0.2, 0.25) is 5.91 Å². The molecule has 0 saturated heterocycles. The first kappa shape index (κ1) is 15.3. The smallest absolute Gasteiger partial charge is 0.220 e. The summed E-state index contributed by atoms with van der Waals surface area (Å²) in [7, 11) is 0. The predicted molar refractivity (Wildman–Crippen MR) is 79.7 cm³/mol. The van der Waals surface area contributed by atoms with Crippen LogP contribution in [-0.2, 0) is 4.79 Å². The highest BCUT2D eigenvalue weighted by Gasteiger charge is 2.22. The van der Waals surface area contributed by atoms with E-state index in [1.165, 1.54) is 0 Å². The minimum Gasteiger partial charge on any atom is -0.387 e. The highest BCUT2D eigenvalue weighted by atomic mass is 35.5. The Hall–Kier alpha value is -1.10. The van der Waals surface area contributed by atoms with Crippen LogP contribution >= 0.6 is 11.6 Å². The maximum atomic E-state index is 11.4. The third kappa shape index (κ3) is 5.49. The van der Waals surface area contributed by atoms with Gasteiger partial charge in [-0.3, -0.25) is 4.79 Å². The number of aliphatic hydroxyl groups excluding tert-OH is 1. The van der Waals surface area contributed by atoms with Crippen LogP contribution in [0.5, 0.6) is 0 Å². The first-order valence-corrected chi connectivity index (χ1v) is 7.46. The summed E-state index contributed by atoms with van der Waals surface area (Å²) in [5.74, 6) is 0.132. The van der Waals surface area contributed by atoms with Crippen molar-refractivity contribution in [3.05, 3.63) is 34.9 Å². The lowest BCUT2D eigenvalue weighted by Gasteiger charge is -2.12. The van der Waals surface area contributed by atoms with Gasteiger partial charge in [-0.15, -0.1) is 0 Å². The van der Waals surface area contributed by atoms with Crippen molar-refractivity contribution >= 4 is 17.5 Å². The Morgan fingerprint density at radius 2 is 2.05 bits per heavy atom. The Balaban J connectivity index is 1.55. The van der Waals surface area contributed by atoms with Crippen LogP contribution in [0.15, 0.2) is 24.3 Å². The van der Waals surface area contributed by atoms with Crippen molar-refractivity contribution < 1.29 is 9.90 Å². The normalized spacial score (nSPS) is 15.9. The SMILES string of the molecule is O=C(CCCNCC(O)c1ccc(Cl)cc1)NC1CC1. The molecule has 1 fully saturated rings. The summed E-state index contributed by atoms with van der Waals surface area (Å²) in [6, 6.07) is 7.60. The molecule has 2 rings (SSSR count). The lowest BCUT2D eigenvalue weighted by atomic mass is 10.1. The molecule has 0 radical (unpaired) electrons. The second-order valence-electron chi connectivity index (χ2n) is 5.22. The molecule has 1 aliphatic rings. The fourth-order valence-corrected chi connectivity index (χ4v) is 2.07. The molecule has 1 aliphatic carbocycles. The summed E-state index contributed by atoms with van der Waals surface area (Å²) in [4.78, 5) is 11.4. The van der Waals surface area contributed by atoms with E-state index in [9.17, 15) is 9.90 Å². The van der Waals surface area contributed by atoms with Gasteiger partial charge in [0.15, 0.2) is 0 Å². The number of hydrogen-bond acceptors (Lipinski definition) is 3. The first-order chi connectivity index (χ1) is 9.65. The van der Waals surface area contributed by atoms with E-state index >= 15 is 0 Å². The average Bonchev–Trinajstić information content (AvgIpc) is 3.22. The van der Waals surface area contributed by atoms with E-state index in [0.717, 1.165) is 31.4 Å². The van der Waals surface area contributed by atoms with Gasteiger partial charge in [0.25, 0.3) is 0 Å². The Morgan fingerprint density at radius 3 is 2.70 bits per heavy atom. The molecule has 0 bridgehead atoms. The van der Waals surface area contributed by atoms with Crippen LogP contribution < -0.4 is 10.6 Å². The molecule has 1 unspecified atom stereocenters. The van der Waals surface area contributed by atoms with Gasteiger partial charge in [0.1, 0.15) is 0 Å². The van der Waals surface area contributed by atoms with Gasteiger partial charge in [-0.25, -0.2) is 0 Å². The number of hydrogen-bond donors (Lipinski definition) is 3. The summed E-state index contributed by atoms with van der Waals surface area (Å²) >= 11 is 5.80. The van der Waals surface area contributed by atoms with E-state index in [0.29, 0.717) is 24.0 Å². The van der Waals surface area contributed by atoms with Crippen molar-refractivity contribution in [3.63, 3.8) is 0 Å². The second-order valence-corrected chi connectivity index (χ2v) is 5.65. The van der Waals surface area contributed by atoms with Crippen molar-refractivity contribution in [1.29, 1.82) is 0 Å². The molecule has 1 aromatic carbocycles. The molecule has 0 aliphatic heterocycles. The topological polar surface area (TPSA) is 61.4 Å². The average molecular weight is 297 g/mol. The Kier molecular flexibility index (Phi) is 5.83. The van der Waals surface area contributed by atoms with Crippen molar-refractivity contribution in [2.45, 2.75) is 37.8 Å². The predicted octanol–water partition coefficient (Wildman–Crippen LogP) is 2.02. The van der Waals surface area contributed by atoms with E-state index in [-0.39, 0.29) is 5.91 Å². The molecule has 5 heteroatoms. The van der Waals surface area contributed by atoms with Crippen LogP contribution in [0.4, 0.5) is 0 Å². The van der Waals surface area contributed by atoms with Crippen LogP contribution in [0.25, 0.3) is 0 Å². The number of halogens is 1. The Labute approximate surface area is 124 Å². The molecule has 0 heterocycles. The summed E-state index contributed by atoms with van der Waals surface area (Å²) in [5.41, 5.74) is 0.841. The van der Waals surface area contributed by atoms with E-state index in [4.69, 9.17) is 11.6 Å². The maximum Gasteiger partial charge on any atom is 0.220 e. The summed E-state index contributed by atoms with van der Waals surface area (Å²) in [6.45, 7) is 1.20. The lowest BCUT2D eigenvalue weighted by Crippen LogP contribution is -2.27. The third-order valence-electron chi connectivity index (χ3n) is 3.29. The second kappa shape index (κ2) is 7.62. The quantitative estimate of drug-likeness (QED) is 0.643. The molecule has 20 heavy (non-hydrogen) atoms. The van der Waals surface area contributed by atoms with Gasteiger partial charge < -0.3 is 15.7 Å². The van der Waals surface area contributed by atoms with Crippen LogP contribution in [0, 0.1) is 0 Å². The molecule has 1 amide bonds. The number of aliphatic hydroxyl groups is 1. The third-order valence-corrected chi connectivity index (χ3v) is 3.54. The van der Waals surface area contributed by atoms with Crippen molar-refractivity contribution in [3.8, 4) is 0 Å². The molecule has 1 saturated carbocycles. The zero-order chi connectivity index (χ0) is 14.4. The number of carbonyl (C=O) groups is 1. The van der Waals surface area contributed by atoms with Gasteiger partial charge in [0.05, 0.1) is 6.10 Å². The van der Waals surface area contributed by atoms with Gasteiger partial charge in [-0.05, 0) is 43.5 Å². The van der Waals surface area contributed by atoms with Gasteiger partial charge >= 0.3 is 0 Å². The zero-order valence-corrected chi connectivity index (χ0v) is 12.2. The Morgan fingerprint density at radius 1 is 1.35 bits per heavy atom. The van der Waals surface area contributed by atoms with Crippen LogP contribution in [0.1, 0.15) is 37.4 Å². The first-order valence-electron chi connectivity index (χ1n) is 7.09. The molecular weight excluding hydrogens is 276 g/mol. The van der Waals surface area contributed by atoms with E-state index in [2.05, 4.69) is 10.6 Å².